The van der Waals surface area contributed by atoms with Gasteiger partial charge in [0.2, 0.25) is 0 Å². The third kappa shape index (κ3) is 3.37. The standard InChI is InChI=1S/C31H34N2O4S/c1-29-14-19-16-32-37-25(19)13-20(29)8-9-21-22-11-12-31(36,30(22,2)15-24(34)28(21)29)26(35)17-38-27-10-7-18-5-3-4-6-23(18)33-27/h3-7,10,13,16,21-22,24,28,34,36H,8-9,11-12,14-15,17H2,1-2H3/t21?,22?,24?,28?,29-,30-,31-/m0/s1. The van der Waals surface area contributed by atoms with Crippen LogP contribution in [-0.4, -0.2) is 43.6 Å². The van der Waals surface area contributed by atoms with Crippen molar-refractivity contribution >= 4 is 34.5 Å². The number of fused-ring (bicyclic) bond motifs is 7. The molecular weight excluding hydrogens is 496 g/mol. The third-order valence-electron chi connectivity index (χ3n) is 10.7. The lowest BCUT2D eigenvalue weighted by atomic mass is 9.45. The molecule has 7 rings (SSSR count). The summed E-state index contributed by atoms with van der Waals surface area (Å²) >= 11 is 1.39. The van der Waals surface area contributed by atoms with Crippen LogP contribution in [0.5, 0.6) is 0 Å². The Morgan fingerprint density at radius 1 is 1.18 bits per heavy atom. The molecular formula is C31H34N2O4S. The average molecular weight is 531 g/mol. The number of Topliss-reactive ketones (excluding diaryl/α,β-unsaturated/α-hetero) is 1. The number of thioether (sulfide) groups is 1. The zero-order valence-corrected chi connectivity index (χ0v) is 22.7. The van der Waals surface area contributed by atoms with Crippen molar-refractivity contribution in [3.05, 3.63) is 59.5 Å². The Balaban J connectivity index is 1.13. The molecule has 0 bridgehead atoms. The molecule has 0 radical (unpaired) electrons. The monoisotopic (exact) mass is 530 g/mol. The first-order chi connectivity index (χ1) is 18.2. The predicted octanol–water partition coefficient (Wildman–Crippen LogP) is 5.47. The number of rotatable bonds is 4. The summed E-state index contributed by atoms with van der Waals surface area (Å²) in [6.07, 6.45) is 7.84. The maximum absolute atomic E-state index is 13.7. The molecule has 2 heterocycles. The molecule has 2 N–H and O–H groups in total. The Morgan fingerprint density at radius 2 is 2.03 bits per heavy atom. The Labute approximate surface area is 226 Å². The minimum absolute atomic E-state index is 0.0947. The van der Waals surface area contributed by atoms with Crippen molar-refractivity contribution in [1.82, 2.24) is 10.1 Å². The zero-order chi connectivity index (χ0) is 26.3. The topological polar surface area (TPSA) is 96.5 Å². The van der Waals surface area contributed by atoms with E-state index in [0.717, 1.165) is 52.9 Å². The van der Waals surface area contributed by atoms with Gasteiger partial charge in [0.05, 0.1) is 28.6 Å². The van der Waals surface area contributed by atoms with Gasteiger partial charge in [-0.2, -0.15) is 0 Å². The van der Waals surface area contributed by atoms with Gasteiger partial charge >= 0.3 is 0 Å². The molecule has 0 spiro atoms. The minimum Gasteiger partial charge on any atom is -0.393 e. The zero-order valence-electron chi connectivity index (χ0n) is 21.9. The molecule has 0 amide bonds. The predicted molar refractivity (Wildman–Crippen MR) is 146 cm³/mol. The van der Waals surface area contributed by atoms with E-state index in [2.05, 4.69) is 25.1 Å². The summed E-state index contributed by atoms with van der Waals surface area (Å²) in [5.41, 5.74) is 1.11. The van der Waals surface area contributed by atoms with Gasteiger partial charge < -0.3 is 14.7 Å². The molecule has 0 saturated heterocycles. The smallest absolute Gasteiger partial charge is 0.175 e. The van der Waals surface area contributed by atoms with E-state index in [4.69, 9.17) is 9.51 Å². The SMILES string of the molecule is C[C@]12Cc3cnoc3C=C1CCC1C2C(O)C[C@@]2(C)C1CC[C@]2(O)C(=O)CSc1ccc2ccccc2n1. The number of hydrogen-bond acceptors (Lipinski definition) is 7. The number of nitrogens with zero attached hydrogens (tertiary/aromatic N) is 2. The van der Waals surface area contributed by atoms with Gasteiger partial charge in [0.25, 0.3) is 0 Å². The Hall–Kier alpha value is -2.48. The summed E-state index contributed by atoms with van der Waals surface area (Å²) in [5.74, 6) is 1.46. The van der Waals surface area contributed by atoms with Crippen LogP contribution < -0.4 is 0 Å². The molecule has 0 aliphatic heterocycles. The highest BCUT2D eigenvalue weighted by Crippen LogP contribution is 2.67. The fourth-order valence-corrected chi connectivity index (χ4v) is 9.71. The van der Waals surface area contributed by atoms with Crippen LogP contribution in [0.25, 0.3) is 17.0 Å². The largest absolute Gasteiger partial charge is 0.393 e. The van der Waals surface area contributed by atoms with Crippen LogP contribution in [-0.2, 0) is 11.2 Å². The van der Waals surface area contributed by atoms with E-state index in [1.807, 2.05) is 42.6 Å². The lowest BCUT2D eigenvalue weighted by molar-refractivity contribution is -0.177. The molecule has 4 unspecified atom stereocenters. The summed E-state index contributed by atoms with van der Waals surface area (Å²) in [4.78, 5) is 18.4. The van der Waals surface area contributed by atoms with Crippen molar-refractivity contribution < 1.29 is 19.5 Å². The molecule has 38 heavy (non-hydrogen) atoms. The highest BCUT2D eigenvalue weighted by molar-refractivity contribution is 7.99. The van der Waals surface area contributed by atoms with E-state index in [9.17, 15) is 15.0 Å². The van der Waals surface area contributed by atoms with E-state index in [0.29, 0.717) is 12.8 Å². The molecule has 4 aliphatic rings. The van der Waals surface area contributed by atoms with Crippen LogP contribution in [0.4, 0.5) is 0 Å². The Kier molecular flexibility index (Phi) is 5.50. The van der Waals surface area contributed by atoms with Crippen molar-refractivity contribution in [2.75, 3.05) is 5.75 Å². The second-order valence-corrected chi connectivity index (χ2v) is 13.5. The first kappa shape index (κ1) is 24.6. The number of ketones is 1. The molecule has 7 atom stereocenters. The van der Waals surface area contributed by atoms with E-state index in [1.165, 1.54) is 17.3 Å². The number of aromatic nitrogens is 2. The molecule has 3 aromatic rings. The van der Waals surface area contributed by atoms with Gasteiger partial charge in [-0.15, -0.1) is 0 Å². The number of allylic oxidation sites excluding steroid dienone is 1. The molecule has 3 fully saturated rings. The van der Waals surface area contributed by atoms with Crippen LogP contribution in [0.1, 0.15) is 57.3 Å². The molecule has 7 heteroatoms. The van der Waals surface area contributed by atoms with Crippen molar-refractivity contribution in [2.24, 2.45) is 28.6 Å². The number of benzene rings is 1. The summed E-state index contributed by atoms with van der Waals surface area (Å²) in [6, 6.07) is 11.9. The highest BCUT2D eigenvalue weighted by Gasteiger charge is 2.68. The number of hydrogen-bond donors (Lipinski definition) is 2. The number of aliphatic hydroxyl groups is 2. The number of carbonyl (C=O) groups excluding carboxylic acids is 1. The summed E-state index contributed by atoms with van der Waals surface area (Å²) in [5, 5.41) is 29.6. The molecule has 198 valence electrons. The molecule has 6 nitrogen and oxygen atoms in total. The van der Waals surface area contributed by atoms with Gasteiger partial charge in [0, 0.05) is 16.4 Å². The van der Waals surface area contributed by atoms with Gasteiger partial charge in [-0.25, -0.2) is 4.98 Å². The maximum atomic E-state index is 13.7. The fraction of sp³-hybridized carbons (Fsp3) is 0.516. The second-order valence-electron chi connectivity index (χ2n) is 12.5. The molecule has 4 aliphatic carbocycles. The van der Waals surface area contributed by atoms with Crippen molar-refractivity contribution in [1.29, 1.82) is 0 Å². The van der Waals surface area contributed by atoms with Gasteiger partial charge in [0.15, 0.2) is 11.5 Å². The normalized spacial score (nSPS) is 37.6. The fourth-order valence-electron chi connectivity index (χ4n) is 8.87. The van der Waals surface area contributed by atoms with E-state index >= 15 is 0 Å². The second kappa shape index (κ2) is 8.51. The van der Waals surface area contributed by atoms with Crippen molar-refractivity contribution in [3.63, 3.8) is 0 Å². The minimum atomic E-state index is -1.43. The maximum Gasteiger partial charge on any atom is 0.175 e. The van der Waals surface area contributed by atoms with E-state index in [-0.39, 0.29) is 34.7 Å². The van der Waals surface area contributed by atoms with E-state index in [1.54, 1.807) is 0 Å². The van der Waals surface area contributed by atoms with Crippen molar-refractivity contribution in [3.8, 4) is 0 Å². The summed E-state index contributed by atoms with van der Waals surface area (Å²) in [7, 11) is 0. The van der Waals surface area contributed by atoms with Crippen LogP contribution in [0.15, 0.2) is 57.7 Å². The van der Waals surface area contributed by atoms with Crippen molar-refractivity contribution in [2.45, 2.75) is 69.1 Å². The van der Waals surface area contributed by atoms with Gasteiger partial charge in [-0.1, -0.05) is 60.6 Å². The Bertz CT molecular complexity index is 1470. The average Bonchev–Trinajstić information content (AvgIpc) is 3.46. The van der Waals surface area contributed by atoms with Gasteiger partial charge in [-0.05, 0) is 79.9 Å². The highest BCUT2D eigenvalue weighted by atomic mass is 32.2. The molecule has 2 aromatic heterocycles. The lowest BCUT2D eigenvalue weighted by Gasteiger charge is -2.60. The summed E-state index contributed by atoms with van der Waals surface area (Å²) < 4.78 is 5.46. The van der Waals surface area contributed by atoms with Crippen LogP contribution in [0.3, 0.4) is 0 Å². The lowest BCUT2D eigenvalue weighted by Crippen LogP contribution is -2.62. The molecule has 3 saturated carbocycles. The first-order valence-electron chi connectivity index (χ1n) is 13.8. The van der Waals surface area contributed by atoms with Gasteiger partial charge in [0.1, 0.15) is 5.60 Å². The quantitative estimate of drug-likeness (QED) is 0.432. The van der Waals surface area contributed by atoms with Crippen LogP contribution in [0.2, 0.25) is 0 Å². The summed E-state index contributed by atoms with van der Waals surface area (Å²) in [6.45, 7) is 4.35. The van der Waals surface area contributed by atoms with Gasteiger partial charge in [-0.3, -0.25) is 4.79 Å². The number of pyridine rings is 1. The van der Waals surface area contributed by atoms with Crippen LogP contribution in [0, 0.1) is 28.6 Å². The molecule has 1 aromatic carbocycles. The van der Waals surface area contributed by atoms with E-state index < -0.39 is 17.1 Å². The third-order valence-corrected chi connectivity index (χ3v) is 11.7. The van der Waals surface area contributed by atoms with Crippen LogP contribution >= 0.6 is 11.8 Å². The number of aliphatic hydroxyl groups excluding tert-OH is 1. The Morgan fingerprint density at radius 3 is 2.89 bits per heavy atom. The first-order valence-corrected chi connectivity index (χ1v) is 14.8. The number of carbonyl (C=O) groups is 1. The number of para-hydroxylation sites is 1.